The van der Waals surface area contributed by atoms with Gasteiger partial charge in [0.1, 0.15) is 0 Å². The number of nitrogens with zero attached hydrogens (tertiary/aromatic N) is 2. The highest BCUT2D eigenvalue weighted by molar-refractivity contribution is 5.79. The first-order valence-corrected chi connectivity index (χ1v) is 7.27. The minimum atomic E-state index is 0.0630. The molecule has 1 unspecified atom stereocenters. The van der Waals surface area contributed by atoms with E-state index >= 15 is 0 Å². The third-order valence-electron chi connectivity index (χ3n) is 4.38. The van der Waals surface area contributed by atoms with E-state index in [1.165, 1.54) is 0 Å². The van der Waals surface area contributed by atoms with Gasteiger partial charge in [-0.15, -0.1) is 0 Å². The highest BCUT2D eigenvalue weighted by Gasteiger charge is 2.31. The van der Waals surface area contributed by atoms with Crippen molar-refractivity contribution >= 4 is 11.8 Å². The lowest BCUT2D eigenvalue weighted by atomic mass is 9.92. The minimum Gasteiger partial charge on any atom is -0.396 e. The van der Waals surface area contributed by atoms with Gasteiger partial charge in [-0.2, -0.15) is 0 Å². The zero-order chi connectivity index (χ0) is 13.8. The number of aliphatic hydroxyl groups is 1. The first-order valence-electron chi connectivity index (χ1n) is 7.27. The third-order valence-corrected chi connectivity index (χ3v) is 4.38. The fourth-order valence-corrected chi connectivity index (χ4v) is 3.11. The summed E-state index contributed by atoms with van der Waals surface area (Å²) in [7, 11) is 0. The van der Waals surface area contributed by atoms with E-state index in [0.717, 1.165) is 32.2 Å². The summed E-state index contributed by atoms with van der Waals surface area (Å²) in [5.74, 6) is 0.633. The van der Waals surface area contributed by atoms with Crippen molar-refractivity contribution in [3.05, 3.63) is 0 Å². The van der Waals surface area contributed by atoms with E-state index in [1.54, 1.807) is 6.92 Å². The summed E-state index contributed by atoms with van der Waals surface area (Å²) in [6.07, 6.45) is 3.56. The van der Waals surface area contributed by atoms with E-state index < -0.39 is 0 Å². The molecule has 2 fully saturated rings. The molecule has 19 heavy (non-hydrogen) atoms. The van der Waals surface area contributed by atoms with Crippen molar-refractivity contribution < 1.29 is 14.7 Å². The first kappa shape index (κ1) is 14.3. The second kappa shape index (κ2) is 6.37. The number of hydrogen-bond donors (Lipinski definition) is 1. The second-order valence-corrected chi connectivity index (χ2v) is 5.76. The predicted octanol–water partition coefficient (Wildman–Crippen LogP) is 0.476. The van der Waals surface area contributed by atoms with Crippen molar-refractivity contribution in [2.24, 2.45) is 11.8 Å². The summed E-state index contributed by atoms with van der Waals surface area (Å²) in [5, 5.41) is 9.21. The van der Waals surface area contributed by atoms with E-state index in [0.29, 0.717) is 19.6 Å². The molecule has 2 aliphatic rings. The molecule has 0 aromatic heterocycles. The summed E-state index contributed by atoms with van der Waals surface area (Å²) < 4.78 is 0. The smallest absolute Gasteiger partial charge is 0.225 e. The molecule has 1 N–H and O–H groups in total. The Morgan fingerprint density at radius 1 is 1.11 bits per heavy atom. The molecule has 108 valence electrons. The summed E-state index contributed by atoms with van der Waals surface area (Å²) in [4.78, 5) is 27.4. The van der Waals surface area contributed by atoms with Crippen LogP contribution in [0.25, 0.3) is 0 Å². The zero-order valence-electron chi connectivity index (χ0n) is 11.7. The van der Waals surface area contributed by atoms with Crippen LogP contribution in [0.1, 0.15) is 32.6 Å². The van der Waals surface area contributed by atoms with Gasteiger partial charge in [-0.1, -0.05) is 0 Å². The Labute approximate surface area is 114 Å². The Hall–Kier alpha value is -1.10. The number of amides is 2. The van der Waals surface area contributed by atoms with Crippen LogP contribution in [0, 0.1) is 11.8 Å². The molecule has 2 aliphatic heterocycles. The van der Waals surface area contributed by atoms with E-state index in [1.807, 2.05) is 9.80 Å². The number of carbonyl (C=O) groups excluding carboxylic acids is 2. The van der Waals surface area contributed by atoms with Gasteiger partial charge in [-0.05, 0) is 31.6 Å². The first-order chi connectivity index (χ1) is 9.11. The van der Waals surface area contributed by atoms with Gasteiger partial charge in [0.25, 0.3) is 0 Å². The van der Waals surface area contributed by atoms with E-state index in [-0.39, 0.29) is 30.3 Å². The third kappa shape index (κ3) is 3.47. The Balaban J connectivity index is 1.85. The predicted molar refractivity (Wildman–Crippen MR) is 71.4 cm³/mol. The van der Waals surface area contributed by atoms with E-state index in [4.69, 9.17) is 0 Å². The number of likely N-dealkylation sites (tertiary alicyclic amines) is 2. The summed E-state index contributed by atoms with van der Waals surface area (Å²) >= 11 is 0. The van der Waals surface area contributed by atoms with Crippen LogP contribution < -0.4 is 0 Å². The molecule has 2 amide bonds. The van der Waals surface area contributed by atoms with Crippen molar-refractivity contribution in [3.63, 3.8) is 0 Å². The van der Waals surface area contributed by atoms with Crippen molar-refractivity contribution in [1.29, 1.82) is 0 Å². The van der Waals surface area contributed by atoms with Crippen molar-refractivity contribution in [2.45, 2.75) is 32.6 Å². The molecule has 0 spiro atoms. The Morgan fingerprint density at radius 2 is 1.79 bits per heavy atom. The quantitative estimate of drug-likeness (QED) is 0.792. The van der Waals surface area contributed by atoms with Crippen LogP contribution in [0.3, 0.4) is 0 Å². The average molecular weight is 268 g/mol. The van der Waals surface area contributed by atoms with Crippen LogP contribution in [0.4, 0.5) is 0 Å². The maximum absolute atomic E-state index is 12.4. The van der Waals surface area contributed by atoms with Gasteiger partial charge in [0.2, 0.25) is 11.8 Å². The highest BCUT2D eigenvalue weighted by atomic mass is 16.3. The highest BCUT2D eigenvalue weighted by Crippen LogP contribution is 2.23. The molecular formula is C14H24N2O3. The molecule has 5 heteroatoms. The lowest BCUT2D eigenvalue weighted by molar-refractivity contribution is -0.141. The maximum Gasteiger partial charge on any atom is 0.225 e. The molecule has 5 nitrogen and oxygen atoms in total. The van der Waals surface area contributed by atoms with Crippen molar-refractivity contribution in [1.82, 2.24) is 9.80 Å². The van der Waals surface area contributed by atoms with Crippen LogP contribution in [-0.4, -0.2) is 59.5 Å². The molecule has 0 saturated carbocycles. The summed E-state index contributed by atoms with van der Waals surface area (Å²) in [5.41, 5.74) is 0. The molecular weight excluding hydrogens is 244 g/mol. The van der Waals surface area contributed by atoms with E-state index in [2.05, 4.69) is 0 Å². The Kier molecular flexibility index (Phi) is 4.80. The normalized spacial score (nSPS) is 25.5. The maximum atomic E-state index is 12.4. The molecule has 0 bridgehead atoms. The number of hydrogen-bond acceptors (Lipinski definition) is 3. The zero-order valence-corrected chi connectivity index (χ0v) is 11.7. The minimum absolute atomic E-state index is 0.0630. The summed E-state index contributed by atoms with van der Waals surface area (Å²) in [6.45, 7) is 4.67. The van der Waals surface area contributed by atoms with Crippen molar-refractivity contribution in [2.75, 3.05) is 32.8 Å². The topological polar surface area (TPSA) is 60.9 Å². The molecule has 0 aromatic carbocycles. The lowest BCUT2D eigenvalue weighted by Gasteiger charge is -2.37. The molecule has 2 rings (SSSR count). The average Bonchev–Trinajstić information content (AvgIpc) is 2.46. The number of aliphatic hydroxyl groups excluding tert-OH is 1. The Morgan fingerprint density at radius 3 is 2.37 bits per heavy atom. The standard InChI is InChI=1S/C14H24N2O3/c1-11(18)15-7-4-13(5-8-15)14(19)16-6-2-3-12(9-16)10-17/h12-13,17H,2-10H2,1H3. The number of piperidine rings is 2. The second-order valence-electron chi connectivity index (χ2n) is 5.76. The van der Waals surface area contributed by atoms with Gasteiger partial charge in [0.05, 0.1) is 0 Å². The van der Waals surface area contributed by atoms with Crippen LogP contribution in [0.15, 0.2) is 0 Å². The Bertz CT molecular complexity index is 338. The van der Waals surface area contributed by atoms with Gasteiger partial charge in [0.15, 0.2) is 0 Å². The molecule has 1 atom stereocenters. The monoisotopic (exact) mass is 268 g/mol. The van der Waals surface area contributed by atoms with Crippen LogP contribution in [0.2, 0.25) is 0 Å². The van der Waals surface area contributed by atoms with Crippen molar-refractivity contribution in [3.8, 4) is 0 Å². The van der Waals surface area contributed by atoms with Gasteiger partial charge in [-0.3, -0.25) is 9.59 Å². The van der Waals surface area contributed by atoms with Gasteiger partial charge in [-0.25, -0.2) is 0 Å². The van der Waals surface area contributed by atoms with Gasteiger partial charge in [0, 0.05) is 45.6 Å². The fourth-order valence-electron chi connectivity index (χ4n) is 3.11. The van der Waals surface area contributed by atoms with Crippen LogP contribution in [0.5, 0.6) is 0 Å². The SMILES string of the molecule is CC(=O)N1CCC(C(=O)N2CCCC(CO)C2)CC1. The number of rotatable bonds is 2. The fraction of sp³-hybridized carbons (Fsp3) is 0.857. The number of carbonyl (C=O) groups is 2. The van der Waals surface area contributed by atoms with Gasteiger partial charge < -0.3 is 14.9 Å². The lowest BCUT2D eigenvalue weighted by Crippen LogP contribution is -2.47. The largest absolute Gasteiger partial charge is 0.396 e. The molecule has 2 heterocycles. The molecule has 0 radical (unpaired) electrons. The van der Waals surface area contributed by atoms with Crippen LogP contribution in [-0.2, 0) is 9.59 Å². The van der Waals surface area contributed by atoms with E-state index in [9.17, 15) is 14.7 Å². The molecule has 2 saturated heterocycles. The molecule has 0 aromatic rings. The van der Waals surface area contributed by atoms with Gasteiger partial charge >= 0.3 is 0 Å². The van der Waals surface area contributed by atoms with Crippen LogP contribution >= 0.6 is 0 Å². The molecule has 0 aliphatic carbocycles. The summed E-state index contributed by atoms with van der Waals surface area (Å²) in [6, 6.07) is 0.